The van der Waals surface area contributed by atoms with Crippen molar-refractivity contribution < 1.29 is 4.84 Å². The smallest absolute Gasteiger partial charge is 0.0940 e. The van der Waals surface area contributed by atoms with Gasteiger partial charge < -0.3 is 0 Å². The molecule has 0 aromatic rings. The summed E-state index contributed by atoms with van der Waals surface area (Å²) in [5.41, 5.74) is 3.00. The van der Waals surface area contributed by atoms with Crippen LogP contribution in [0.1, 0.15) is 26.2 Å². The molecule has 1 fully saturated rings. The van der Waals surface area contributed by atoms with Gasteiger partial charge >= 0.3 is 0 Å². The van der Waals surface area contributed by atoms with Crippen molar-refractivity contribution in [2.45, 2.75) is 38.3 Å². The van der Waals surface area contributed by atoms with E-state index in [-0.39, 0.29) is 6.10 Å². The van der Waals surface area contributed by atoms with Gasteiger partial charge in [0.05, 0.1) is 6.10 Å². The normalized spacial score (nSPS) is 21.7. The average Bonchev–Trinajstić information content (AvgIpc) is 1.84. The predicted octanol–water partition coefficient (Wildman–Crippen LogP) is 1.63. The molecule has 1 N–H and O–H groups in total. The third kappa shape index (κ3) is 2.12. The molecule has 1 atom stereocenters. The van der Waals surface area contributed by atoms with Crippen LogP contribution in [0.4, 0.5) is 0 Å². The summed E-state index contributed by atoms with van der Waals surface area (Å²) < 4.78 is 0. The van der Waals surface area contributed by atoms with Crippen LogP contribution in [0, 0.1) is 0 Å². The standard InChI is InChI=1S/C8H15NO/c1-3-7(2)10-9-8-5-4-6-8/h3,7-9H,1,4-6H2,2H3. The highest BCUT2D eigenvalue weighted by atomic mass is 16.7. The molecule has 0 radical (unpaired) electrons. The molecular formula is C8H15NO. The van der Waals surface area contributed by atoms with E-state index in [0.717, 1.165) is 0 Å². The Kier molecular flexibility index (Phi) is 2.90. The molecule has 2 heteroatoms. The van der Waals surface area contributed by atoms with E-state index in [9.17, 15) is 0 Å². The molecule has 2 nitrogen and oxygen atoms in total. The van der Waals surface area contributed by atoms with E-state index in [1.54, 1.807) is 6.08 Å². The van der Waals surface area contributed by atoms with Gasteiger partial charge in [-0.1, -0.05) is 12.5 Å². The first kappa shape index (κ1) is 7.76. The summed E-state index contributed by atoms with van der Waals surface area (Å²) in [6.07, 6.45) is 5.75. The highest BCUT2D eigenvalue weighted by Gasteiger charge is 2.17. The Bertz CT molecular complexity index is 110. The zero-order valence-electron chi connectivity index (χ0n) is 6.47. The van der Waals surface area contributed by atoms with Crippen LogP contribution in [0.5, 0.6) is 0 Å². The Morgan fingerprint density at radius 1 is 1.70 bits per heavy atom. The van der Waals surface area contributed by atoms with Gasteiger partial charge in [-0.15, -0.1) is 6.58 Å². The molecule has 1 saturated carbocycles. The van der Waals surface area contributed by atoms with Gasteiger partial charge in [-0.3, -0.25) is 4.84 Å². The average molecular weight is 141 g/mol. The lowest BCUT2D eigenvalue weighted by Gasteiger charge is -2.26. The van der Waals surface area contributed by atoms with Crippen molar-refractivity contribution in [1.82, 2.24) is 5.48 Å². The number of hydrogen-bond donors (Lipinski definition) is 1. The van der Waals surface area contributed by atoms with Crippen molar-refractivity contribution in [2.24, 2.45) is 0 Å². The van der Waals surface area contributed by atoms with Gasteiger partial charge in [0.1, 0.15) is 0 Å². The fraction of sp³-hybridized carbons (Fsp3) is 0.750. The third-order valence-corrected chi connectivity index (χ3v) is 1.86. The zero-order valence-corrected chi connectivity index (χ0v) is 6.47. The van der Waals surface area contributed by atoms with Crippen molar-refractivity contribution >= 4 is 0 Å². The van der Waals surface area contributed by atoms with Gasteiger partial charge in [0.25, 0.3) is 0 Å². The van der Waals surface area contributed by atoms with Crippen molar-refractivity contribution in [2.75, 3.05) is 0 Å². The lowest BCUT2D eigenvalue weighted by atomic mass is 9.94. The summed E-state index contributed by atoms with van der Waals surface area (Å²) >= 11 is 0. The maximum absolute atomic E-state index is 5.23. The van der Waals surface area contributed by atoms with Gasteiger partial charge in [0.15, 0.2) is 0 Å². The highest BCUT2D eigenvalue weighted by Crippen LogP contribution is 2.17. The van der Waals surface area contributed by atoms with Crippen molar-refractivity contribution in [3.05, 3.63) is 12.7 Å². The maximum atomic E-state index is 5.23. The van der Waals surface area contributed by atoms with E-state index < -0.39 is 0 Å². The molecule has 0 aliphatic heterocycles. The second-order valence-electron chi connectivity index (χ2n) is 2.80. The summed E-state index contributed by atoms with van der Waals surface area (Å²) in [5, 5.41) is 0. The summed E-state index contributed by atoms with van der Waals surface area (Å²) in [6.45, 7) is 5.59. The lowest BCUT2D eigenvalue weighted by molar-refractivity contribution is -0.0287. The van der Waals surface area contributed by atoms with Gasteiger partial charge in [0, 0.05) is 6.04 Å². The molecule has 0 aromatic carbocycles. The number of rotatable bonds is 4. The predicted molar refractivity (Wildman–Crippen MR) is 41.5 cm³/mol. The third-order valence-electron chi connectivity index (χ3n) is 1.86. The first-order valence-corrected chi connectivity index (χ1v) is 3.86. The Balaban J connectivity index is 1.98. The molecule has 0 saturated heterocycles. The highest BCUT2D eigenvalue weighted by molar-refractivity contribution is 4.77. The topological polar surface area (TPSA) is 21.3 Å². The van der Waals surface area contributed by atoms with Crippen LogP contribution in [-0.4, -0.2) is 12.1 Å². The van der Waals surface area contributed by atoms with E-state index in [2.05, 4.69) is 12.1 Å². The Labute approximate surface area is 62.2 Å². The summed E-state index contributed by atoms with van der Waals surface area (Å²) in [6, 6.07) is 0.599. The summed E-state index contributed by atoms with van der Waals surface area (Å²) in [7, 11) is 0. The number of hydroxylamine groups is 1. The van der Waals surface area contributed by atoms with Crippen molar-refractivity contribution in [3.63, 3.8) is 0 Å². The molecule has 1 rings (SSSR count). The Morgan fingerprint density at radius 2 is 2.40 bits per heavy atom. The minimum Gasteiger partial charge on any atom is -0.294 e. The van der Waals surface area contributed by atoms with Crippen molar-refractivity contribution in [3.8, 4) is 0 Å². The first-order valence-electron chi connectivity index (χ1n) is 3.86. The lowest BCUT2D eigenvalue weighted by Crippen LogP contribution is -2.36. The zero-order chi connectivity index (χ0) is 7.40. The van der Waals surface area contributed by atoms with Crippen LogP contribution >= 0.6 is 0 Å². The molecular weight excluding hydrogens is 126 g/mol. The Hall–Kier alpha value is -0.340. The molecule has 1 unspecified atom stereocenters. The number of nitrogens with one attached hydrogen (secondary N) is 1. The minimum absolute atomic E-state index is 0.126. The molecule has 0 bridgehead atoms. The van der Waals surface area contributed by atoms with Crippen LogP contribution in [0.25, 0.3) is 0 Å². The van der Waals surface area contributed by atoms with E-state index in [4.69, 9.17) is 4.84 Å². The van der Waals surface area contributed by atoms with Crippen LogP contribution < -0.4 is 5.48 Å². The monoisotopic (exact) mass is 141 g/mol. The first-order chi connectivity index (χ1) is 4.83. The molecule has 10 heavy (non-hydrogen) atoms. The molecule has 0 heterocycles. The molecule has 1 aliphatic rings. The molecule has 0 amide bonds. The second kappa shape index (κ2) is 3.74. The van der Waals surface area contributed by atoms with Crippen LogP contribution in [0.3, 0.4) is 0 Å². The van der Waals surface area contributed by atoms with E-state index in [0.29, 0.717) is 6.04 Å². The largest absolute Gasteiger partial charge is 0.294 e. The SMILES string of the molecule is C=CC(C)ONC1CCC1. The van der Waals surface area contributed by atoms with E-state index in [1.165, 1.54) is 19.3 Å². The molecule has 0 aromatic heterocycles. The minimum atomic E-state index is 0.126. The number of hydrogen-bond acceptors (Lipinski definition) is 2. The van der Waals surface area contributed by atoms with Gasteiger partial charge in [-0.2, -0.15) is 5.48 Å². The summed E-state index contributed by atoms with van der Waals surface area (Å²) in [5.74, 6) is 0. The van der Waals surface area contributed by atoms with E-state index in [1.807, 2.05) is 6.92 Å². The molecule has 0 spiro atoms. The van der Waals surface area contributed by atoms with Gasteiger partial charge in [0.2, 0.25) is 0 Å². The second-order valence-corrected chi connectivity index (χ2v) is 2.80. The quantitative estimate of drug-likeness (QED) is 0.474. The Morgan fingerprint density at radius 3 is 2.80 bits per heavy atom. The fourth-order valence-corrected chi connectivity index (χ4v) is 0.778. The van der Waals surface area contributed by atoms with Crippen LogP contribution in [-0.2, 0) is 4.84 Å². The van der Waals surface area contributed by atoms with Gasteiger partial charge in [-0.05, 0) is 19.8 Å². The molecule has 58 valence electrons. The van der Waals surface area contributed by atoms with Crippen LogP contribution in [0.15, 0.2) is 12.7 Å². The molecule has 1 aliphatic carbocycles. The van der Waals surface area contributed by atoms with Gasteiger partial charge in [-0.25, -0.2) is 0 Å². The van der Waals surface area contributed by atoms with Crippen molar-refractivity contribution in [1.29, 1.82) is 0 Å². The fourth-order valence-electron chi connectivity index (χ4n) is 0.778. The van der Waals surface area contributed by atoms with Crippen LogP contribution in [0.2, 0.25) is 0 Å². The van der Waals surface area contributed by atoms with E-state index >= 15 is 0 Å². The summed E-state index contributed by atoms with van der Waals surface area (Å²) in [4.78, 5) is 5.23. The maximum Gasteiger partial charge on any atom is 0.0940 e.